The van der Waals surface area contributed by atoms with Crippen LogP contribution >= 0.6 is 0 Å². The van der Waals surface area contributed by atoms with E-state index in [-0.39, 0.29) is 18.5 Å². The Labute approximate surface area is 226 Å². The lowest BCUT2D eigenvalue weighted by Gasteiger charge is -2.55. The number of barbiturate groups is 2. The third-order valence-electron chi connectivity index (χ3n) is 8.21. The number of benzene rings is 1. The Bertz CT molecular complexity index is 1310. The molecular weight excluding hydrogens is 504 g/mol. The number of hydrogen-bond acceptors (Lipinski definition) is 8. The third kappa shape index (κ3) is 4.01. The number of rotatable bonds is 4. The third-order valence-corrected chi connectivity index (χ3v) is 8.21. The molecule has 0 aliphatic carbocycles. The minimum atomic E-state index is -1.51. The van der Waals surface area contributed by atoms with Gasteiger partial charge in [-0.1, -0.05) is 19.4 Å². The molecule has 8 amide bonds. The van der Waals surface area contributed by atoms with Crippen LogP contribution in [0.4, 0.5) is 15.3 Å². The van der Waals surface area contributed by atoms with E-state index < -0.39 is 47.1 Å². The molecule has 0 aromatic heterocycles. The molecule has 1 spiro atoms. The van der Waals surface area contributed by atoms with Gasteiger partial charge in [-0.3, -0.25) is 39.2 Å². The van der Waals surface area contributed by atoms with Crippen LogP contribution in [0.5, 0.6) is 0 Å². The summed E-state index contributed by atoms with van der Waals surface area (Å²) in [4.78, 5) is 85.1. The van der Waals surface area contributed by atoms with Gasteiger partial charge in [-0.05, 0) is 49.2 Å². The lowest BCUT2D eigenvalue weighted by molar-refractivity contribution is -0.160. The van der Waals surface area contributed by atoms with Gasteiger partial charge in [-0.25, -0.2) is 9.59 Å². The van der Waals surface area contributed by atoms with Crippen molar-refractivity contribution in [3.63, 3.8) is 0 Å². The fourth-order valence-electron chi connectivity index (χ4n) is 6.07. The van der Waals surface area contributed by atoms with Crippen molar-refractivity contribution in [2.75, 3.05) is 52.2 Å². The number of likely N-dealkylation sites (N-methyl/N-ethyl adjacent to an activating group) is 1. The largest absolute Gasteiger partial charge is 0.364 e. The normalized spacial score (nSPS) is 24.5. The molecule has 206 valence electrons. The van der Waals surface area contributed by atoms with Crippen molar-refractivity contribution in [3.8, 4) is 0 Å². The maximum atomic E-state index is 13.7. The number of unbranched alkanes of at least 4 members (excludes halogenated alkanes) is 1. The van der Waals surface area contributed by atoms with Gasteiger partial charge in [-0.15, -0.1) is 0 Å². The van der Waals surface area contributed by atoms with E-state index in [9.17, 15) is 28.8 Å². The first-order chi connectivity index (χ1) is 18.5. The second-order valence-corrected chi connectivity index (χ2v) is 10.6. The highest BCUT2D eigenvalue weighted by Crippen LogP contribution is 2.47. The van der Waals surface area contributed by atoms with Gasteiger partial charge in [0.25, 0.3) is 11.8 Å². The lowest BCUT2D eigenvalue weighted by Crippen LogP contribution is -2.74. The summed E-state index contributed by atoms with van der Waals surface area (Å²) in [5, 5.41) is 2.23. The van der Waals surface area contributed by atoms with Crippen molar-refractivity contribution in [1.82, 2.24) is 24.9 Å². The monoisotopic (exact) mass is 536 g/mol. The van der Waals surface area contributed by atoms with Crippen molar-refractivity contribution < 1.29 is 28.8 Å². The van der Waals surface area contributed by atoms with Crippen LogP contribution in [0.1, 0.15) is 30.9 Å². The summed E-state index contributed by atoms with van der Waals surface area (Å²) in [5.74, 6) is -2.51. The van der Waals surface area contributed by atoms with Gasteiger partial charge >= 0.3 is 12.1 Å². The topological polar surface area (TPSA) is 131 Å². The SMILES string of the molecule is CCCCN1C(=O)NC(=O)/C(=C\c2ccc3c(c2)CC2(C(=O)N(C)C(=O)N(C)C2=O)C2CN(C)CCN32)C1=O. The van der Waals surface area contributed by atoms with Crippen LogP contribution in [-0.2, 0) is 25.6 Å². The fourth-order valence-corrected chi connectivity index (χ4v) is 6.07. The average Bonchev–Trinajstić information content (AvgIpc) is 2.91. The molecular formula is C27H32N6O6. The summed E-state index contributed by atoms with van der Waals surface area (Å²) < 4.78 is 0. The van der Waals surface area contributed by atoms with Crippen LogP contribution in [0.3, 0.4) is 0 Å². The molecule has 0 saturated carbocycles. The van der Waals surface area contributed by atoms with E-state index in [1.165, 1.54) is 20.2 Å². The number of carbonyl (C=O) groups is 6. The van der Waals surface area contributed by atoms with Crippen molar-refractivity contribution in [2.45, 2.75) is 32.2 Å². The van der Waals surface area contributed by atoms with Crippen molar-refractivity contribution in [2.24, 2.45) is 5.41 Å². The standard InChI is InChI=1S/C27H32N6O6/c1-5-6-9-33-22(35)18(21(34)28-25(33)38)13-16-7-8-19-17(12-16)14-27(20-15-29(2)10-11-32(19)20)23(36)30(3)26(39)31(4)24(27)37/h7-8,12-13,20H,5-6,9-11,14-15H2,1-4H3,(H,28,34,38)/b18-13+. The Hall–Kier alpha value is -4.06. The van der Waals surface area contributed by atoms with E-state index >= 15 is 0 Å². The quantitative estimate of drug-likeness (QED) is 0.338. The average molecular weight is 537 g/mol. The zero-order valence-corrected chi connectivity index (χ0v) is 22.5. The molecule has 39 heavy (non-hydrogen) atoms. The van der Waals surface area contributed by atoms with E-state index in [4.69, 9.17) is 0 Å². The van der Waals surface area contributed by atoms with Gasteiger partial charge in [0, 0.05) is 46.0 Å². The summed E-state index contributed by atoms with van der Waals surface area (Å²) in [6, 6.07) is 3.53. The number of fused-ring (bicyclic) bond motifs is 4. The summed E-state index contributed by atoms with van der Waals surface area (Å²) in [6.45, 7) is 3.91. The molecule has 0 bridgehead atoms. The highest BCUT2D eigenvalue weighted by molar-refractivity contribution is 6.31. The van der Waals surface area contributed by atoms with Crippen molar-refractivity contribution in [1.29, 1.82) is 0 Å². The van der Waals surface area contributed by atoms with Crippen LogP contribution in [0.2, 0.25) is 0 Å². The molecule has 1 N–H and O–H groups in total. The summed E-state index contributed by atoms with van der Waals surface area (Å²) in [7, 11) is 4.72. The molecule has 12 heteroatoms. The van der Waals surface area contributed by atoms with Crippen LogP contribution in [0, 0.1) is 5.41 Å². The van der Waals surface area contributed by atoms with E-state index in [0.29, 0.717) is 30.6 Å². The number of imide groups is 4. The second kappa shape index (κ2) is 9.60. The Balaban J connectivity index is 1.58. The first-order valence-electron chi connectivity index (χ1n) is 13.1. The van der Waals surface area contributed by atoms with Crippen molar-refractivity contribution >= 4 is 47.5 Å². The van der Waals surface area contributed by atoms with E-state index in [1.54, 1.807) is 12.1 Å². The molecule has 3 saturated heterocycles. The molecule has 4 aliphatic heterocycles. The molecule has 1 aromatic carbocycles. The van der Waals surface area contributed by atoms with Gasteiger partial charge in [0.05, 0.1) is 6.04 Å². The smallest absolute Gasteiger partial charge is 0.332 e. The molecule has 4 aliphatic rings. The number of amides is 8. The van der Waals surface area contributed by atoms with Crippen LogP contribution < -0.4 is 10.2 Å². The minimum Gasteiger partial charge on any atom is -0.364 e. The number of hydrogen-bond donors (Lipinski definition) is 1. The molecule has 1 aromatic rings. The Morgan fingerprint density at radius 3 is 2.36 bits per heavy atom. The van der Waals surface area contributed by atoms with E-state index in [1.807, 2.05) is 20.0 Å². The number of carbonyl (C=O) groups excluding carboxylic acids is 6. The van der Waals surface area contributed by atoms with Crippen LogP contribution in [0.15, 0.2) is 23.8 Å². The molecule has 12 nitrogen and oxygen atoms in total. The number of piperazine rings is 1. The summed E-state index contributed by atoms with van der Waals surface area (Å²) in [5.41, 5.74) is 0.414. The van der Waals surface area contributed by atoms with Gasteiger partial charge in [0.1, 0.15) is 5.57 Å². The maximum absolute atomic E-state index is 13.7. The zero-order chi connectivity index (χ0) is 28.2. The first kappa shape index (κ1) is 26.5. The van der Waals surface area contributed by atoms with Crippen LogP contribution in [-0.4, -0.2) is 109 Å². The van der Waals surface area contributed by atoms with Crippen molar-refractivity contribution in [3.05, 3.63) is 34.9 Å². The summed E-state index contributed by atoms with van der Waals surface area (Å²) in [6.07, 6.45) is 2.88. The van der Waals surface area contributed by atoms with Gasteiger partial charge < -0.3 is 9.80 Å². The second-order valence-electron chi connectivity index (χ2n) is 10.6. The Morgan fingerprint density at radius 2 is 1.69 bits per heavy atom. The zero-order valence-electron chi connectivity index (χ0n) is 22.5. The predicted octanol–water partition coefficient (Wildman–Crippen LogP) is 0.662. The van der Waals surface area contributed by atoms with Crippen LogP contribution in [0.25, 0.3) is 6.08 Å². The Kier molecular flexibility index (Phi) is 6.53. The molecule has 5 rings (SSSR count). The molecule has 0 radical (unpaired) electrons. The summed E-state index contributed by atoms with van der Waals surface area (Å²) >= 11 is 0. The van der Waals surface area contributed by atoms with Gasteiger partial charge in [0.2, 0.25) is 11.8 Å². The highest BCUT2D eigenvalue weighted by atomic mass is 16.2. The van der Waals surface area contributed by atoms with Gasteiger partial charge in [0.15, 0.2) is 5.41 Å². The fraction of sp³-hybridized carbons (Fsp3) is 0.481. The highest BCUT2D eigenvalue weighted by Gasteiger charge is 2.63. The van der Waals surface area contributed by atoms with E-state index in [0.717, 1.165) is 33.4 Å². The number of anilines is 1. The maximum Gasteiger partial charge on any atom is 0.332 e. The first-order valence-corrected chi connectivity index (χ1v) is 13.1. The molecule has 4 heterocycles. The van der Waals surface area contributed by atoms with Gasteiger partial charge in [-0.2, -0.15) is 0 Å². The van der Waals surface area contributed by atoms with E-state index in [2.05, 4.69) is 15.1 Å². The number of nitrogens with one attached hydrogen (secondary N) is 1. The number of urea groups is 2. The molecule has 1 unspecified atom stereocenters. The minimum absolute atomic E-state index is 0.0647. The molecule has 3 fully saturated rings. The predicted molar refractivity (Wildman–Crippen MR) is 140 cm³/mol. The molecule has 1 atom stereocenters. The number of nitrogens with zero attached hydrogens (tertiary/aromatic N) is 5. The lowest BCUT2D eigenvalue weighted by atomic mass is 9.67. The Morgan fingerprint density at radius 1 is 1.00 bits per heavy atom.